The number of esters is 1. The van der Waals surface area contributed by atoms with E-state index in [9.17, 15) is 27.9 Å². The Morgan fingerprint density at radius 1 is 1.24 bits per heavy atom. The number of alkyl halides is 3. The average molecular weight is 356 g/mol. The summed E-state index contributed by atoms with van der Waals surface area (Å²) < 4.78 is 40.2. The van der Waals surface area contributed by atoms with Gasteiger partial charge in [-0.2, -0.15) is 13.2 Å². The Labute approximate surface area is 143 Å². The van der Waals surface area contributed by atoms with Crippen molar-refractivity contribution in [2.75, 3.05) is 6.61 Å². The summed E-state index contributed by atoms with van der Waals surface area (Å²) in [5, 5.41) is 9.75. The predicted octanol–water partition coefficient (Wildman–Crippen LogP) is 3.62. The minimum absolute atomic E-state index is 0.267. The number of carbonyl (C=O) groups is 2. The smallest absolute Gasteiger partial charge is 0.422 e. The molecule has 1 saturated carbocycles. The van der Waals surface area contributed by atoms with Crippen molar-refractivity contribution in [3.63, 3.8) is 0 Å². The predicted molar refractivity (Wildman–Crippen MR) is 83.6 cm³/mol. The van der Waals surface area contributed by atoms with Gasteiger partial charge in [0.15, 0.2) is 6.61 Å². The number of hydrogen-bond acceptors (Lipinski definition) is 3. The van der Waals surface area contributed by atoms with Crippen LogP contribution in [0.3, 0.4) is 0 Å². The topological polar surface area (TPSA) is 63.6 Å². The molecule has 0 bridgehead atoms. The third kappa shape index (κ3) is 3.86. The maximum Gasteiger partial charge on any atom is 0.422 e. The van der Waals surface area contributed by atoms with E-state index in [-0.39, 0.29) is 6.42 Å². The summed E-state index contributed by atoms with van der Waals surface area (Å²) in [5.74, 6) is -2.63. The second-order valence-electron chi connectivity index (χ2n) is 6.72. The molecule has 0 spiro atoms. The van der Waals surface area contributed by atoms with Crippen LogP contribution in [-0.2, 0) is 20.7 Å². The normalized spacial score (nSPS) is 24.9. The zero-order valence-electron chi connectivity index (χ0n) is 13.8. The van der Waals surface area contributed by atoms with Gasteiger partial charge in [0.05, 0.1) is 5.41 Å². The van der Waals surface area contributed by atoms with E-state index in [4.69, 9.17) is 0 Å². The quantitative estimate of drug-likeness (QED) is 0.625. The van der Waals surface area contributed by atoms with Crippen molar-refractivity contribution in [2.45, 2.75) is 26.4 Å². The van der Waals surface area contributed by atoms with Crippen molar-refractivity contribution >= 4 is 11.9 Å². The van der Waals surface area contributed by atoms with Crippen LogP contribution in [0.2, 0.25) is 0 Å². The molecule has 0 amide bonds. The Hall–Kier alpha value is -2.31. The first-order chi connectivity index (χ1) is 11.5. The van der Waals surface area contributed by atoms with Crippen LogP contribution in [-0.4, -0.2) is 29.8 Å². The molecule has 4 nitrogen and oxygen atoms in total. The maximum absolute atomic E-state index is 12.0. The molecular weight excluding hydrogens is 337 g/mol. The van der Waals surface area contributed by atoms with E-state index >= 15 is 0 Å². The molecular formula is C18H19F3O4. The van der Waals surface area contributed by atoms with E-state index in [2.05, 4.69) is 4.74 Å². The lowest BCUT2D eigenvalue weighted by Gasteiger charge is -2.15. The van der Waals surface area contributed by atoms with Crippen molar-refractivity contribution in [2.24, 2.45) is 16.7 Å². The van der Waals surface area contributed by atoms with Crippen LogP contribution in [0.4, 0.5) is 13.2 Å². The third-order valence-corrected chi connectivity index (χ3v) is 4.89. The molecule has 2 atom stereocenters. The number of ether oxygens (including phenoxy) is 1. The van der Waals surface area contributed by atoms with Crippen LogP contribution in [0.15, 0.2) is 42.5 Å². The van der Waals surface area contributed by atoms with Crippen molar-refractivity contribution in [1.29, 1.82) is 0 Å². The first kappa shape index (κ1) is 19.0. The van der Waals surface area contributed by atoms with Crippen LogP contribution in [0.1, 0.15) is 19.4 Å². The number of carboxylic acids is 1. The van der Waals surface area contributed by atoms with Gasteiger partial charge in [0.1, 0.15) is 0 Å². The summed E-state index contributed by atoms with van der Waals surface area (Å²) >= 11 is 0. The molecule has 1 aliphatic rings. The van der Waals surface area contributed by atoms with Gasteiger partial charge in [0, 0.05) is 12.0 Å². The standard InChI is InChI=1S/C18H19F3O4/c1-16(2)13(8-9-14(22)25-11-18(19,20)21)17(16,15(23)24)10-12-6-4-3-5-7-12/h3-9,13H,10-11H2,1-2H3,(H,23,24)/t13-,17+/m1/s1. The van der Waals surface area contributed by atoms with Crippen LogP contribution < -0.4 is 0 Å². The number of benzene rings is 1. The van der Waals surface area contributed by atoms with Gasteiger partial charge >= 0.3 is 18.1 Å². The molecule has 0 aromatic heterocycles. The molecule has 0 saturated heterocycles. The SMILES string of the molecule is CC1(C)[C@@H](C=CC(=O)OCC(F)(F)F)[C@@]1(Cc1ccccc1)C(=O)O. The van der Waals surface area contributed by atoms with Gasteiger partial charge in [-0.1, -0.05) is 50.3 Å². The average Bonchev–Trinajstić information content (AvgIpc) is 2.99. The molecule has 1 aliphatic carbocycles. The van der Waals surface area contributed by atoms with E-state index in [1.165, 1.54) is 6.08 Å². The van der Waals surface area contributed by atoms with Crippen LogP contribution in [0, 0.1) is 16.7 Å². The zero-order chi connectivity index (χ0) is 18.9. The minimum atomic E-state index is -4.60. The summed E-state index contributed by atoms with van der Waals surface area (Å²) in [4.78, 5) is 23.3. The Kier molecular flexibility index (Phi) is 4.97. The number of allylic oxidation sites excluding steroid dienone is 1. The number of carboxylic acid groups (broad SMARTS) is 1. The molecule has 136 valence electrons. The van der Waals surface area contributed by atoms with Crippen molar-refractivity contribution in [3.05, 3.63) is 48.0 Å². The number of aliphatic carboxylic acids is 1. The minimum Gasteiger partial charge on any atom is -0.481 e. The largest absolute Gasteiger partial charge is 0.481 e. The van der Waals surface area contributed by atoms with Crippen molar-refractivity contribution < 1.29 is 32.6 Å². The van der Waals surface area contributed by atoms with E-state index in [0.29, 0.717) is 0 Å². The summed E-state index contributed by atoms with van der Waals surface area (Å²) in [7, 11) is 0. The molecule has 2 rings (SSSR count). The first-order valence-corrected chi connectivity index (χ1v) is 7.70. The Balaban J connectivity index is 2.13. The molecule has 1 fully saturated rings. The number of carbonyl (C=O) groups excluding carboxylic acids is 1. The summed E-state index contributed by atoms with van der Waals surface area (Å²) in [6.45, 7) is 1.86. The van der Waals surface area contributed by atoms with Gasteiger partial charge in [0.25, 0.3) is 0 Å². The zero-order valence-corrected chi connectivity index (χ0v) is 13.8. The molecule has 0 aliphatic heterocycles. The highest BCUT2D eigenvalue weighted by Crippen LogP contribution is 2.71. The fourth-order valence-corrected chi connectivity index (χ4v) is 3.42. The highest BCUT2D eigenvalue weighted by atomic mass is 19.4. The molecule has 0 radical (unpaired) electrons. The monoisotopic (exact) mass is 356 g/mol. The Bertz CT molecular complexity index is 679. The summed E-state index contributed by atoms with van der Waals surface area (Å²) in [6, 6.07) is 9.07. The second kappa shape index (κ2) is 6.54. The molecule has 7 heteroatoms. The van der Waals surface area contributed by atoms with Gasteiger partial charge in [0.2, 0.25) is 0 Å². The van der Waals surface area contributed by atoms with E-state index < -0.39 is 41.5 Å². The van der Waals surface area contributed by atoms with Gasteiger partial charge in [-0.05, 0) is 17.4 Å². The van der Waals surface area contributed by atoms with Crippen LogP contribution >= 0.6 is 0 Å². The highest BCUT2D eigenvalue weighted by molar-refractivity contribution is 5.85. The lowest BCUT2D eigenvalue weighted by molar-refractivity contribution is -0.182. The Morgan fingerprint density at radius 3 is 2.36 bits per heavy atom. The summed E-state index contributed by atoms with van der Waals surface area (Å²) in [6.07, 6.45) is -2.10. The number of rotatable bonds is 6. The van der Waals surface area contributed by atoms with Gasteiger partial charge in [-0.25, -0.2) is 4.79 Å². The van der Waals surface area contributed by atoms with Gasteiger partial charge in [-0.15, -0.1) is 0 Å². The second-order valence-corrected chi connectivity index (χ2v) is 6.72. The first-order valence-electron chi connectivity index (χ1n) is 7.70. The van der Waals surface area contributed by atoms with Crippen LogP contribution in [0.5, 0.6) is 0 Å². The van der Waals surface area contributed by atoms with Crippen molar-refractivity contribution in [1.82, 2.24) is 0 Å². The lowest BCUT2D eigenvalue weighted by Crippen LogP contribution is -2.24. The fraction of sp³-hybridized carbons (Fsp3) is 0.444. The summed E-state index contributed by atoms with van der Waals surface area (Å²) in [5.41, 5.74) is -0.918. The third-order valence-electron chi connectivity index (χ3n) is 4.89. The fourth-order valence-electron chi connectivity index (χ4n) is 3.42. The van der Waals surface area contributed by atoms with E-state index in [0.717, 1.165) is 11.6 Å². The molecule has 25 heavy (non-hydrogen) atoms. The molecule has 1 aromatic carbocycles. The van der Waals surface area contributed by atoms with Gasteiger partial charge < -0.3 is 9.84 Å². The molecule has 0 heterocycles. The lowest BCUT2D eigenvalue weighted by atomic mass is 9.88. The Morgan fingerprint density at radius 2 is 1.84 bits per heavy atom. The van der Waals surface area contributed by atoms with E-state index in [1.807, 2.05) is 18.2 Å². The molecule has 1 N–H and O–H groups in total. The number of halogens is 3. The van der Waals surface area contributed by atoms with Gasteiger partial charge in [-0.3, -0.25) is 4.79 Å². The van der Waals surface area contributed by atoms with Crippen LogP contribution in [0.25, 0.3) is 0 Å². The number of hydrogen-bond donors (Lipinski definition) is 1. The highest BCUT2D eigenvalue weighted by Gasteiger charge is 2.74. The maximum atomic E-state index is 12.0. The molecule has 1 aromatic rings. The van der Waals surface area contributed by atoms with Crippen molar-refractivity contribution in [3.8, 4) is 0 Å². The van der Waals surface area contributed by atoms with E-state index in [1.54, 1.807) is 26.0 Å². The molecule has 0 unspecified atom stereocenters.